The number of carbonyl (C=O) groups is 1. The van der Waals surface area contributed by atoms with E-state index in [1.54, 1.807) is 7.05 Å². The van der Waals surface area contributed by atoms with Crippen LogP contribution in [0.4, 0.5) is 10.2 Å². The number of rotatable bonds is 2. The molecule has 3 rings (SSSR count). The zero-order valence-corrected chi connectivity index (χ0v) is 12.1. The molecule has 0 spiro atoms. The number of halogens is 1. The second-order valence-electron chi connectivity index (χ2n) is 5.56. The normalized spacial score (nSPS) is 25.3. The third kappa shape index (κ3) is 2.72. The number of nitrogens with one attached hydrogen (secondary N) is 1. The maximum absolute atomic E-state index is 13.5. The molecule has 1 aliphatic heterocycles. The third-order valence-corrected chi connectivity index (χ3v) is 4.31. The lowest BCUT2D eigenvalue weighted by molar-refractivity contribution is -0.0752. The Labute approximate surface area is 123 Å². The second-order valence-corrected chi connectivity index (χ2v) is 5.56. The summed E-state index contributed by atoms with van der Waals surface area (Å²) in [6.45, 7) is 1.10. The molecule has 2 aliphatic rings. The van der Waals surface area contributed by atoms with Crippen molar-refractivity contribution in [2.45, 2.75) is 37.8 Å². The van der Waals surface area contributed by atoms with Crippen LogP contribution in [0.5, 0.6) is 0 Å². The monoisotopic (exact) mass is 293 g/mol. The zero-order chi connectivity index (χ0) is 14.8. The van der Waals surface area contributed by atoms with Gasteiger partial charge < -0.3 is 15.0 Å². The third-order valence-electron chi connectivity index (χ3n) is 4.31. The standard InChI is InChI=1S/C15H20FN3O2/c1-17-14-11(8-10(16)9-18-14)15(20)19-6-7-21-13-5-3-2-4-12(13)19/h8-9,12-13H,2-7H2,1H3,(H,17,18). The Morgan fingerprint density at radius 3 is 3.10 bits per heavy atom. The molecule has 1 saturated carbocycles. The molecule has 0 aromatic carbocycles. The number of ether oxygens (including phenoxy) is 1. The lowest BCUT2D eigenvalue weighted by Crippen LogP contribution is -2.54. The Bertz CT molecular complexity index is 536. The van der Waals surface area contributed by atoms with Crippen LogP contribution in [0.1, 0.15) is 36.0 Å². The molecule has 1 aromatic heterocycles. The SMILES string of the molecule is CNc1ncc(F)cc1C(=O)N1CCOC2CCCCC21. The van der Waals surface area contributed by atoms with E-state index in [0.29, 0.717) is 24.5 Å². The molecule has 0 radical (unpaired) electrons. The average Bonchev–Trinajstić information content (AvgIpc) is 2.53. The van der Waals surface area contributed by atoms with Gasteiger partial charge in [-0.3, -0.25) is 4.79 Å². The predicted octanol–water partition coefficient (Wildman–Crippen LogP) is 2.05. The molecule has 0 bridgehead atoms. The van der Waals surface area contributed by atoms with Gasteiger partial charge in [-0.25, -0.2) is 9.37 Å². The number of pyridine rings is 1. The minimum Gasteiger partial charge on any atom is -0.374 e. The summed E-state index contributed by atoms with van der Waals surface area (Å²) in [5.41, 5.74) is 0.295. The highest BCUT2D eigenvalue weighted by Crippen LogP contribution is 2.30. The number of aromatic nitrogens is 1. The van der Waals surface area contributed by atoms with Gasteiger partial charge in [0.2, 0.25) is 0 Å². The van der Waals surface area contributed by atoms with E-state index in [1.165, 1.54) is 6.07 Å². The molecule has 1 saturated heterocycles. The van der Waals surface area contributed by atoms with Crippen LogP contribution in [0.3, 0.4) is 0 Å². The molecule has 1 amide bonds. The number of fused-ring (bicyclic) bond motifs is 1. The minimum atomic E-state index is -0.495. The predicted molar refractivity (Wildman–Crippen MR) is 76.8 cm³/mol. The number of carbonyl (C=O) groups excluding carboxylic acids is 1. The summed E-state index contributed by atoms with van der Waals surface area (Å²) in [7, 11) is 1.68. The summed E-state index contributed by atoms with van der Waals surface area (Å²) < 4.78 is 19.2. The molecule has 21 heavy (non-hydrogen) atoms. The van der Waals surface area contributed by atoms with Crippen LogP contribution < -0.4 is 5.32 Å². The lowest BCUT2D eigenvalue weighted by Gasteiger charge is -2.43. The smallest absolute Gasteiger partial charge is 0.258 e. The number of morpholine rings is 1. The molecule has 2 fully saturated rings. The number of hydrogen-bond acceptors (Lipinski definition) is 4. The van der Waals surface area contributed by atoms with E-state index >= 15 is 0 Å². The Balaban J connectivity index is 1.88. The fourth-order valence-electron chi connectivity index (χ4n) is 3.30. The van der Waals surface area contributed by atoms with E-state index in [9.17, 15) is 9.18 Å². The molecule has 2 atom stereocenters. The fourth-order valence-corrected chi connectivity index (χ4v) is 3.30. The Morgan fingerprint density at radius 1 is 1.48 bits per heavy atom. The van der Waals surface area contributed by atoms with Crippen LogP contribution in [0, 0.1) is 5.82 Å². The first kappa shape index (κ1) is 14.3. The van der Waals surface area contributed by atoms with Crippen molar-refractivity contribution < 1.29 is 13.9 Å². The molecule has 114 valence electrons. The maximum atomic E-state index is 13.5. The maximum Gasteiger partial charge on any atom is 0.258 e. The summed E-state index contributed by atoms with van der Waals surface area (Å²) in [6, 6.07) is 1.36. The highest BCUT2D eigenvalue weighted by atomic mass is 19.1. The topological polar surface area (TPSA) is 54.5 Å². The van der Waals surface area contributed by atoms with Crippen LogP contribution in [-0.2, 0) is 4.74 Å². The van der Waals surface area contributed by atoms with Crippen LogP contribution in [-0.4, -0.2) is 48.1 Å². The van der Waals surface area contributed by atoms with E-state index in [1.807, 2.05) is 4.90 Å². The van der Waals surface area contributed by atoms with Gasteiger partial charge in [-0.2, -0.15) is 0 Å². The lowest BCUT2D eigenvalue weighted by atomic mass is 9.89. The van der Waals surface area contributed by atoms with Gasteiger partial charge in [0.05, 0.1) is 30.5 Å². The Morgan fingerprint density at radius 2 is 2.29 bits per heavy atom. The van der Waals surface area contributed by atoms with Gasteiger partial charge in [-0.05, 0) is 18.9 Å². The summed E-state index contributed by atoms with van der Waals surface area (Å²) in [4.78, 5) is 18.6. The van der Waals surface area contributed by atoms with Crippen molar-refractivity contribution in [1.82, 2.24) is 9.88 Å². The highest BCUT2D eigenvalue weighted by molar-refractivity contribution is 5.99. The van der Waals surface area contributed by atoms with E-state index in [4.69, 9.17) is 4.74 Å². The minimum absolute atomic E-state index is 0.105. The molecular weight excluding hydrogens is 273 g/mol. The van der Waals surface area contributed by atoms with Gasteiger partial charge in [-0.1, -0.05) is 12.8 Å². The van der Waals surface area contributed by atoms with E-state index in [0.717, 1.165) is 31.9 Å². The molecule has 1 aliphatic carbocycles. The Kier molecular flexibility index (Phi) is 4.05. The number of hydrogen-bond donors (Lipinski definition) is 1. The first-order valence-corrected chi connectivity index (χ1v) is 7.46. The number of nitrogens with zero attached hydrogens (tertiary/aromatic N) is 2. The molecule has 1 N–H and O–H groups in total. The molecule has 6 heteroatoms. The molecule has 5 nitrogen and oxygen atoms in total. The summed E-state index contributed by atoms with van der Waals surface area (Å²) >= 11 is 0. The number of amides is 1. The van der Waals surface area contributed by atoms with Crippen molar-refractivity contribution in [3.63, 3.8) is 0 Å². The van der Waals surface area contributed by atoms with Crippen LogP contribution >= 0.6 is 0 Å². The van der Waals surface area contributed by atoms with Crippen molar-refractivity contribution in [2.24, 2.45) is 0 Å². The summed E-state index contributed by atoms with van der Waals surface area (Å²) in [5.74, 6) is -0.238. The summed E-state index contributed by atoms with van der Waals surface area (Å²) in [5, 5.41) is 2.86. The molecular formula is C15H20FN3O2. The van der Waals surface area contributed by atoms with Crippen molar-refractivity contribution in [3.8, 4) is 0 Å². The van der Waals surface area contributed by atoms with E-state index < -0.39 is 5.82 Å². The van der Waals surface area contributed by atoms with Gasteiger partial charge in [-0.15, -0.1) is 0 Å². The van der Waals surface area contributed by atoms with Crippen molar-refractivity contribution in [2.75, 3.05) is 25.5 Å². The number of anilines is 1. The van der Waals surface area contributed by atoms with Gasteiger partial charge in [0.15, 0.2) is 0 Å². The fraction of sp³-hybridized carbons (Fsp3) is 0.600. The largest absolute Gasteiger partial charge is 0.374 e. The van der Waals surface area contributed by atoms with Crippen LogP contribution in [0.25, 0.3) is 0 Å². The van der Waals surface area contributed by atoms with Crippen molar-refractivity contribution in [1.29, 1.82) is 0 Å². The summed E-state index contributed by atoms with van der Waals surface area (Å²) in [6.07, 6.45) is 5.44. The van der Waals surface area contributed by atoms with Gasteiger partial charge >= 0.3 is 0 Å². The zero-order valence-electron chi connectivity index (χ0n) is 12.1. The van der Waals surface area contributed by atoms with Crippen LogP contribution in [0.2, 0.25) is 0 Å². The van der Waals surface area contributed by atoms with Gasteiger partial charge in [0.25, 0.3) is 5.91 Å². The average molecular weight is 293 g/mol. The first-order chi connectivity index (χ1) is 10.2. The van der Waals surface area contributed by atoms with Crippen molar-refractivity contribution >= 4 is 11.7 Å². The van der Waals surface area contributed by atoms with Gasteiger partial charge in [0.1, 0.15) is 11.6 Å². The van der Waals surface area contributed by atoms with Crippen molar-refractivity contribution in [3.05, 3.63) is 23.6 Å². The first-order valence-electron chi connectivity index (χ1n) is 7.46. The molecule has 2 unspecified atom stereocenters. The van der Waals surface area contributed by atoms with Gasteiger partial charge in [0, 0.05) is 13.6 Å². The quantitative estimate of drug-likeness (QED) is 0.906. The molecule has 2 heterocycles. The molecule has 1 aromatic rings. The van der Waals surface area contributed by atoms with E-state index in [2.05, 4.69) is 10.3 Å². The van der Waals surface area contributed by atoms with Crippen LogP contribution in [0.15, 0.2) is 12.3 Å². The Hall–Kier alpha value is -1.69. The highest BCUT2D eigenvalue weighted by Gasteiger charge is 2.37. The van der Waals surface area contributed by atoms with E-state index in [-0.39, 0.29) is 18.1 Å². The second kappa shape index (κ2) is 5.97.